The zero-order valence-corrected chi connectivity index (χ0v) is 9.34. The van der Waals surface area contributed by atoms with Crippen LogP contribution < -0.4 is 0 Å². The summed E-state index contributed by atoms with van der Waals surface area (Å²) in [4.78, 5) is 0. The summed E-state index contributed by atoms with van der Waals surface area (Å²) in [5, 5.41) is 18.1. The van der Waals surface area contributed by atoms with Crippen LogP contribution in [-0.2, 0) is 0 Å². The molecule has 2 saturated carbocycles. The molecule has 2 aliphatic rings. The van der Waals surface area contributed by atoms with Gasteiger partial charge in [-0.15, -0.1) is 0 Å². The van der Waals surface area contributed by atoms with Crippen molar-refractivity contribution in [2.75, 3.05) is 0 Å². The molecule has 0 saturated heterocycles. The largest absolute Gasteiger partial charge is 0.393 e. The van der Waals surface area contributed by atoms with Crippen molar-refractivity contribution >= 4 is 0 Å². The van der Waals surface area contributed by atoms with E-state index in [9.17, 15) is 5.11 Å². The van der Waals surface area contributed by atoms with Crippen LogP contribution in [0.15, 0.2) is 0 Å². The number of hydrogen-bond acceptors (Lipinski definition) is 2. The van der Waals surface area contributed by atoms with Crippen LogP contribution in [0.3, 0.4) is 0 Å². The Balaban J connectivity index is 0.000000140. The molecule has 2 heteroatoms. The van der Waals surface area contributed by atoms with Crippen LogP contribution >= 0.6 is 0 Å². The second-order valence-corrected chi connectivity index (χ2v) is 5.00. The molecule has 0 aliphatic heterocycles. The normalized spacial score (nSPS) is 26.8. The number of rotatable bonds is 0. The highest BCUT2D eigenvalue weighted by Gasteiger charge is 2.24. The van der Waals surface area contributed by atoms with Gasteiger partial charge in [0.2, 0.25) is 0 Å². The smallest absolute Gasteiger partial charge is 0.0619 e. The molecular formula is C12H24O2. The highest BCUT2D eigenvalue weighted by molar-refractivity contribution is 4.78. The zero-order valence-electron chi connectivity index (χ0n) is 9.34. The van der Waals surface area contributed by atoms with Crippen LogP contribution in [-0.4, -0.2) is 21.9 Å². The fourth-order valence-electron chi connectivity index (χ4n) is 2.22. The summed E-state index contributed by atoms with van der Waals surface area (Å²) in [6.45, 7) is 1.92. The van der Waals surface area contributed by atoms with E-state index < -0.39 is 0 Å². The van der Waals surface area contributed by atoms with Gasteiger partial charge < -0.3 is 10.2 Å². The lowest BCUT2D eigenvalue weighted by molar-refractivity contribution is 0.0681. The molecule has 0 unspecified atom stereocenters. The van der Waals surface area contributed by atoms with E-state index in [1.807, 2.05) is 6.92 Å². The van der Waals surface area contributed by atoms with Crippen molar-refractivity contribution in [3.63, 3.8) is 0 Å². The summed E-state index contributed by atoms with van der Waals surface area (Å²) in [5.74, 6) is 0. The van der Waals surface area contributed by atoms with Gasteiger partial charge in [0.15, 0.2) is 0 Å². The Hall–Kier alpha value is -0.0800. The van der Waals surface area contributed by atoms with Crippen molar-refractivity contribution in [1.29, 1.82) is 0 Å². The molecule has 0 bridgehead atoms. The summed E-state index contributed by atoms with van der Waals surface area (Å²) >= 11 is 0. The van der Waals surface area contributed by atoms with E-state index in [0.29, 0.717) is 0 Å². The Morgan fingerprint density at radius 1 is 0.929 bits per heavy atom. The van der Waals surface area contributed by atoms with Crippen molar-refractivity contribution in [3.8, 4) is 0 Å². The van der Waals surface area contributed by atoms with E-state index in [4.69, 9.17) is 5.11 Å². The summed E-state index contributed by atoms with van der Waals surface area (Å²) in [5.41, 5.74) is -0.306. The third-order valence-electron chi connectivity index (χ3n) is 3.26. The first-order valence-corrected chi connectivity index (χ1v) is 6.01. The molecule has 84 valence electrons. The molecule has 0 atom stereocenters. The molecule has 0 radical (unpaired) electrons. The quantitative estimate of drug-likeness (QED) is 0.631. The van der Waals surface area contributed by atoms with Gasteiger partial charge in [0.1, 0.15) is 0 Å². The molecule has 0 aromatic heterocycles. The van der Waals surface area contributed by atoms with Gasteiger partial charge in [-0.25, -0.2) is 0 Å². The van der Waals surface area contributed by atoms with Crippen LogP contribution in [0.1, 0.15) is 64.7 Å². The molecule has 2 fully saturated rings. The van der Waals surface area contributed by atoms with Gasteiger partial charge in [-0.2, -0.15) is 0 Å². The maximum Gasteiger partial charge on any atom is 0.0619 e. The summed E-state index contributed by atoms with van der Waals surface area (Å²) in [7, 11) is 0. The topological polar surface area (TPSA) is 40.5 Å². The molecule has 2 nitrogen and oxygen atoms in total. The first kappa shape index (κ1) is 12.0. The summed E-state index contributed by atoms with van der Waals surface area (Å²) in [6.07, 6.45) is 10.4. The van der Waals surface area contributed by atoms with Crippen molar-refractivity contribution in [2.24, 2.45) is 0 Å². The maximum atomic E-state index is 9.19. The van der Waals surface area contributed by atoms with E-state index in [1.54, 1.807) is 0 Å². The van der Waals surface area contributed by atoms with E-state index >= 15 is 0 Å². The Morgan fingerprint density at radius 2 is 1.43 bits per heavy atom. The van der Waals surface area contributed by atoms with Gasteiger partial charge in [-0.3, -0.25) is 0 Å². The Morgan fingerprint density at radius 3 is 1.64 bits per heavy atom. The average molecular weight is 200 g/mol. The first-order chi connectivity index (χ1) is 6.60. The van der Waals surface area contributed by atoms with Crippen molar-refractivity contribution in [3.05, 3.63) is 0 Å². The van der Waals surface area contributed by atoms with Crippen LogP contribution in [0.2, 0.25) is 0 Å². The highest BCUT2D eigenvalue weighted by atomic mass is 16.3. The zero-order chi connectivity index (χ0) is 10.4. The van der Waals surface area contributed by atoms with Gasteiger partial charge in [0.05, 0.1) is 11.7 Å². The van der Waals surface area contributed by atoms with Crippen molar-refractivity contribution < 1.29 is 10.2 Å². The van der Waals surface area contributed by atoms with E-state index in [1.165, 1.54) is 32.1 Å². The molecule has 2 aliphatic carbocycles. The van der Waals surface area contributed by atoms with Gasteiger partial charge in [0.25, 0.3) is 0 Å². The van der Waals surface area contributed by atoms with Crippen molar-refractivity contribution in [2.45, 2.75) is 76.4 Å². The van der Waals surface area contributed by atoms with E-state index in [0.717, 1.165) is 25.7 Å². The van der Waals surface area contributed by atoms with Crippen molar-refractivity contribution in [1.82, 2.24) is 0 Å². The highest BCUT2D eigenvalue weighted by Crippen LogP contribution is 2.27. The monoisotopic (exact) mass is 200 g/mol. The minimum Gasteiger partial charge on any atom is -0.393 e. The molecule has 0 aromatic carbocycles. The lowest BCUT2D eigenvalue weighted by Gasteiger charge is -2.14. The number of aliphatic hydroxyl groups excluding tert-OH is 1. The molecule has 14 heavy (non-hydrogen) atoms. The van der Waals surface area contributed by atoms with Gasteiger partial charge >= 0.3 is 0 Å². The molecule has 0 heterocycles. The maximum absolute atomic E-state index is 9.19. The molecule has 0 spiro atoms. The average Bonchev–Trinajstić information content (AvgIpc) is 2.52. The predicted molar refractivity (Wildman–Crippen MR) is 58.2 cm³/mol. The molecule has 2 N–H and O–H groups in total. The molecule has 0 amide bonds. The predicted octanol–water partition coefficient (Wildman–Crippen LogP) is 2.62. The third-order valence-corrected chi connectivity index (χ3v) is 3.26. The first-order valence-electron chi connectivity index (χ1n) is 6.01. The van der Waals surface area contributed by atoms with Gasteiger partial charge in [0, 0.05) is 0 Å². The molecular weight excluding hydrogens is 176 g/mol. The molecule has 2 rings (SSSR count). The summed E-state index contributed by atoms with van der Waals surface area (Å²) < 4.78 is 0. The SMILES string of the molecule is CC1(O)CCCC1.OC1CCCCC1. The van der Waals surface area contributed by atoms with Crippen LogP contribution in [0, 0.1) is 0 Å². The third kappa shape index (κ3) is 4.97. The van der Waals surface area contributed by atoms with Crippen LogP contribution in [0.4, 0.5) is 0 Å². The standard InChI is InChI=1S/2C6H12O/c1-6(7)4-2-3-5-6;7-6-4-2-1-3-5-6/h7H,2-5H2,1H3;6-7H,1-5H2. The fourth-order valence-corrected chi connectivity index (χ4v) is 2.22. The van der Waals surface area contributed by atoms with Crippen LogP contribution in [0.5, 0.6) is 0 Å². The summed E-state index contributed by atoms with van der Waals surface area (Å²) in [6, 6.07) is 0. The number of hydrogen-bond donors (Lipinski definition) is 2. The second kappa shape index (κ2) is 5.72. The van der Waals surface area contributed by atoms with Crippen LogP contribution in [0.25, 0.3) is 0 Å². The van der Waals surface area contributed by atoms with Gasteiger partial charge in [-0.1, -0.05) is 32.1 Å². The van der Waals surface area contributed by atoms with Gasteiger partial charge in [-0.05, 0) is 32.6 Å². The Bertz CT molecular complexity index is 140. The molecule has 0 aromatic rings. The lowest BCUT2D eigenvalue weighted by atomic mass is 9.98. The van der Waals surface area contributed by atoms with E-state index in [-0.39, 0.29) is 11.7 Å². The lowest BCUT2D eigenvalue weighted by Crippen LogP contribution is -2.17. The minimum atomic E-state index is -0.306. The fraction of sp³-hybridized carbons (Fsp3) is 1.00. The number of aliphatic hydroxyl groups is 2. The second-order valence-electron chi connectivity index (χ2n) is 5.00. The Kier molecular flexibility index (Phi) is 4.90. The Labute approximate surface area is 87.3 Å². The van der Waals surface area contributed by atoms with E-state index in [2.05, 4.69) is 0 Å². The minimum absolute atomic E-state index is 0.0359.